The molecule has 0 aliphatic heterocycles. The molecule has 0 aliphatic carbocycles. The van der Waals surface area contributed by atoms with Crippen LogP contribution in [0.3, 0.4) is 0 Å². The quantitative estimate of drug-likeness (QED) is 0.487. The van der Waals surface area contributed by atoms with Crippen LogP contribution in [0.5, 0.6) is 0 Å². The molecule has 0 aliphatic rings. The number of hydrogen-bond acceptors (Lipinski definition) is 3. The first-order chi connectivity index (χ1) is 7.02. The van der Waals surface area contributed by atoms with Gasteiger partial charge >= 0.3 is 0 Å². The molecule has 0 aromatic heterocycles. The van der Waals surface area contributed by atoms with E-state index in [0.29, 0.717) is 6.04 Å². The standard InChI is InChI=1S/C12H25NOS/c1-6-8-15-9-7-13-11(2)10-12(3,4)14-5/h6,11,13H,1,7-10H2,2-5H3. The number of nitrogens with one attached hydrogen (secondary N) is 1. The SMILES string of the molecule is C=CCSCCNC(C)CC(C)(C)OC. The first-order valence-electron chi connectivity index (χ1n) is 5.49. The zero-order chi connectivity index (χ0) is 11.7. The van der Waals surface area contributed by atoms with Gasteiger partial charge in [-0.3, -0.25) is 0 Å². The van der Waals surface area contributed by atoms with E-state index in [1.807, 2.05) is 17.8 Å². The van der Waals surface area contributed by atoms with Crippen molar-refractivity contribution >= 4 is 11.8 Å². The van der Waals surface area contributed by atoms with Crippen molar-refractivity contribution in [3.8, 4) is 0 Å². The third-order valence-electron chi connectivity index (χ3n) is 2.33. The van der Waals surface area contributed by atoms with E-state index in [-0.39, 0.29) is 5.60 Å². The highest BCUT2D eigenvalue weighted by Gasteiger charge is 2.19. The molecular weight excluding hydrogens is 206 g/mol. The monoisotopic (exact) mass is 231 g/mol. The van der Waals surface area contributed by atoms with Crippen molar-refractivity contribution in [2.45, 2.75) is 38.8 Å². The molecule has 0 rings (SSSR count). The van der Waals surface area contributed by atoms with Gasteiger partial charge in [-0.1, -0.05) is 6.08 Å². The smallest absolute Gasteiger partial charge is 0.0637 e. The van der Waals surface area contributed by atoms with E-state index in [1.54, 1.807) is 7.11 Å². The molecule has 15 heavy (non-hydrogen) atoms. The summed E-state index contributed by atoms with van der Waals surface area (Å²) in [5.74, 6) is 2.18. The fourth-order valence-electron chi connectivity index (χ4n) is 1.44. The molecule has 0 fully saturated rings. The molecule has 0 aromatic carbocycles. The van der Waals surface area contributed by atoms with E-state index in [4.69, 9.17) is 4.74 Å². The summed E-state index contributed by atoms with van der Waals surface area (Å²) in [6, 6.07) is 0.504. The maximum Gasteiger partial charge on any atom is 0.0637 e. The molecule has 90 valence electrons. The van der Waals surface area contributed by atoms with Crippen molar-refractivity contribution < 1.29 is 4.74 Å². The van der Waals surface area contributed by atoms with Crippen LogP contribution >= 0.6 is 11.8 Å². The fourth-order valence-corrected chi connectivity index (χ4v) is 2.03. The number of methoxy groups -OCH3 is 1. The Labute approximate surface area is 98.9 Å². The van der Waals surface area contributed by atoms with Gasteiger partial charge in [0.05, 0.1) is 5.60 Å². The van der Waals surface area contributed by atoms with Crippen molar-refractivity contribution in [3.05, 3.63) is 12.7 Å². The Kier molecular flexibility index (Phi) is 8.20. The summed E-state index contributed by atoms with van der Waals surface area (Å²) in [5, 5.41) is 3.50. The normalized spacial score (nSPS) is 13.9. The summed E-state index contributed by atoms with van der Waals surface area (Å²) in [7, 11) is 1.77. The van der Waals surface area contributed by atoms with Crippen LogP contribution < -0.4 is 5.32 Å². The van der Waals surface area contributed by atoms with Crippen LogP contribution in [0.15, 0.2) is 12.7 Å². The minimum Gasteiger partial charge on any atom is -0.379 e. The molecule has 1 unspecified atom stereocenters. The fraction of sp³-hybridized carbons (Fsp3) is 0.833. The van der Waals surface area contributed by atoms with Crippen LogP contribution in [0.4, 0.5) is 0 Å². The average Bonchev–Trinajstić information content (AvgIpc) is 2.17. The Balaban J connectivity index is 3.48. The second-order valence-electron chi connectivity index (χ2n) is 4.39. The zero-order valence-corrected chi connectivity index (χ0v) is 11.3. The molecule has 0 bridgehead atoms. The molecule has 0 heterocycles. The lowest BCUT2D eigenvalue weighted by Crippen LogP contribution is -2.36. The average molecular weight is 231 g/mol. The van der Waals surface area contributed by atoms with E-state index in [9.17, 15) is 0 Å². The van der Waals surface area contributed by atoms with E-state index in [0.717, 1.165) is 24.5 Å². The topological polar surface area (TPSA) is 21.3 Å². The lowest BCUT2D eigenvalue weighted by molar-refractivity contribution is 0.00876. The van der Waals surface area contributed by atoms with Crippen LogP contribution in [0.25, 0.3) is 0 Å². The largest absolute Gasteiger partial charge is 0.379 e. The van der Waals surface area contributed by atoms with Gasteiger partial charge in [-0.05, 0) is 27.2 Å². The first kappa shape index (κ1) is 15.0. The number of thioether (sulfide) groups is 1. The van der Waals surface area contributed by atoms with Crippen molar-refractivity contribution in [2.24, 2.45) is 0 Å². The Hall–Kier alpha value is 0.01000. The van der Waals surface area contributed by atoms with Gasteiger partial charge in [0.25, 0.3) is 0 Å². The first-order valence-corrected chi connectivity index (χ1v) is 6.64. The summed E-state index contributed by atoms with van der Waals surface area (Å²) >= 11 is 1.91. The molecule has 2 nitrogen and oxygen atoms in total. The van der Waals surface area contributed by atoms with Gasteiger partial charge in [-0.25, -0.2) is 0 Å². The molecule has 0 radical (unpaired) electrons. The van der Waals surface area contributed by atoms with Crippen molar-refractivity contribution in [3.63, 3.8) is 0 Å². The lowest BCUT2D eigenvalue weighted by Gasteiger charge is -2.27. The number of ether oxygens (including phenoxy) is 1. The summed E-state index contributed by atoms with van der Waals surface area (Å²) in [6.45, 7) is 11.2. The summed E-state index contributed by atoms with van der Waals surface area (Å²) in [5.41, 5.74) is -0.0271. The molecule has 0 saturated heterocycles. The molecule has 0 spiro atoms. The van der Waals surface area contributed by atoms with Crippen LogP contribution in [0.1, 0.15) is 27.2 Å². The lowest BCUT2D eigenvalue weighted by atomic mass is 10.00. The van der Waals surface area contributed by atoms with E-state index >= 15 is 0 Å². The molecule has 1 N–H and O–H groups in total. The molecule has 1 atom stereocenters. The summed E-state index contributed by atoms with van der Waals surface area (Å²) in [6.07, 6.45) is 2.98. The van der Waals surface area contributed by atoms with E-state index in [2.05, 4.69) is 32.7 Å². The van der Waals surface area contributed by atoms with Gasteiger partial charge in [0, 0.05) is 31.2 Å². The van der Waals surface area contributed by atoms with Crippen LogP contribution in [-0.4, -0.2) is 36.8 Å². The summed E-state index contributed by atoms with van der Waals surface area (Å²) in [4.78, 5) is 0. The Morgan fingerprint density at radius 3 is 2.73 bits per heavy atom. The van der Waals surface area contributed by atoms with Gasteiger partial charge < -0.3 is 10.1 Å². The van der Waals surface area contributed by atoms with E-state index < -0.39 is 0 Å². The van der Waals surface area contributed by atoms with Gasteiger partial charge in [0.1, 0.15) is 0 Å². The van der Waals surface area contributed by atoms with Crippen molar-refractivity contribution in [1.82, 2.24) is 5.32 Å². The number of hydrogen-bond donors (Lipinski definition) is 1. The predicted octanol–water partition coefficient (Wildman–Crippen LogP) is 2.70. The highest BCUT2D eigenvalue weighted by Crippen LogP contribution is 2.15. The summed E-state index contributed by atoms with van der Waals surface area (Å²) < 4.78 is 5.39. The van der Waals surface area contributed by atoms with Crippen molar-refractivity contribution in [2.75, 3.05) is 25.2 Å². The van der Waals surface area contributed by atoms with E-state index in [1.165, 1.54) is 0 Å². The molecule has 0 aromatic rings. The maximum absolute atomic E-state index is 5.39. The highest BCUT2D eigenvalue weighted by atomic mass is 32.2. The van der Waals surface area contributed by atoms with Gasteiger partial charge in [0.15, 0.2) is 0 Å². The Bertz CT molecular complexity index is 171. The Morgan fingerprint density at radius 1 is 1.53 bits per heavy atom. The molecule has 0 saturated carbocycles. The number of rotatable bonds is 9. The molecular formula is C12H25NOS. The minimum absolute atomic E-state index is 0.0271. The predicted molar refractivity (Wildman–Crippen MR) is 70.7 cm³/mol. The molecule has 3 heteroatoms. The van der Waals surface area contributed by atoms with Crippen LogP contribution in [0.2, 0.25) is 0 Å². The van der Waals surface area contributed by atoms with Gasteiger partial charge in [-0.2, -0.15) is 11.8 Å². The van der Waals surface area contributed by atoms with Gasteiger partial charge in [-0.15, -0.1) is 6.58 Å². The maximum atomic E-state index is 5.39. The Morgan fingerprint density at radius 2 is 2.20 bits per heavy atom. The second-order valence-corrected chi connectivity index (χ2v) is 5.54. The minimum atomic E-state index is -0.0271. The second kappa shape index (κ2) is 8.20. The van der Waals surface area contributed by atoms with Crippen LogP contribution in [-0.2, 0) is 4.74 Å². The van der Waals surface area contributed by atoms with Crippen LogP contribution in [0, 0.1) is 0 Å². The third kappa shape index (κ3) is 8.97. The van der Waals surface area contributed by atoms with Gasteiger partial charge in [0.2, 0.25) is 0 Å². The van der Waals surface area contributed by atoms with Crippen molar-refractivity contribution in [1.29, 1.82) is 0 Å². The highest BCUT2D eigenvalue weighted by molar-refractivity contribution is 7.99. The molecule has 0 amide bonds. The zero-order valence-electron chi connectivity index (χ0n) is 10.5. The third-order valence-corrected chi connectivity index (χ3v) is 3.29.